The number of hydrazine groups is 1. The van der Waals surface area contributed by atoms with Crippen LogP contribution in [-0.2, 0) is 9.53 Å². The third kappa shape index (κ3) is 6.31. The molecule has 2 aromatic rings. The van der Waals surface area contributed by atoms with Crippen molar-refractivity contribution in [2.24, 2.45) is 5.92 Å². The van der Waals surface area contributed by atoms with E-state index in [1.54, 1.807) is 48.5 Å². The number of carbonyl (C=O) groups excluding carboxylic acids is 3. The predicted octanol–water partition coefficient (Wildman–Crippen LogP) is 2.53. The molecule has 3 N–H and O–H groups in total. The SMILES string of the molecule is CCOCCOc1ccc(C(=O)NNC(=O)c2ccc(NC(=O)C3CC3)cc2)cc1. The Bertz CT molecular complexity index is 877. The van der Waals surface area contributed by atoms with Crippen molar-refractivity contribution in [2.75, 3.05) is 25.1 Å². The molecule has 8 nitrogen and oxygen atoms in total. The lowest BCUT2D eigenvalue weighted by atomic mass is 10.2. The van der Waals surface area contributed by atoms with Gasteiger partial charge in [0.25, 0.3) is 11.8 Å². The van der Waals surface area contributed by atoms with Crippen LogP contribution in [-0.4, -0.2) is 37.5 Å². The van der Waals surface area contributed by atoms with Crippen molar-refractivity contribution >= 4 is 23.4 Å². The number of amides is 3. The minimum absolute atomic E-state index is 0.00479. The molecule has 3 rings (SSSR count). The van der Waals surface area contributed by atoms with Crippen LogP contribution in [0.25, 0.3) is 0 Å². The van der Waals surface area contributed by atoms with E-state index in [-0.39, 0.29) is 11.8 Å². The first-order chi connectivity index (χ1) is 14.6. The van der Waals surface area contributed by atoms with E-state index in [4.69, 9.17) is 9.47 Å². The molecule has 8 heteroatoms. The summed E-state index contributed by atoms with van der Waals surface area (Å²) < 4.78 is 10.7. The molecule has 0 aromatic heterocycles. The minimum atomic E-state index is -0.459. The molecule has 30 heavy (non-hydrogen) atoms. The lowest BCUT2D eigenvalue weighted by molar-refractivity contribution is -0.117. The molecule has 2 aromatic carbocycles. The molecule has 1 saturated carbocycles. The summed E-state index contributed by atoms with van der Waals surface area (Å²) in [4.78, 5) is 36.2. The Kier molecular flexibility index (Phi) is 7.40. The summed E-state index contributed by atoms with van der Waals surface area (Å²) >= 11 is 0. The second kappa shape index (κ2) is 10.4. The summed E-state index contributed by atoms with van der Waals surface area (Å²) in [6.07, 6.45) is 1.85. The summed E-state index contributed by atoms with van der Waals surface area (Å²) in [5, 5.41) is 2.81. The molecule has 0 aliphatic heterocycles. The van der Waals surface area contributed by atoms with Gasteiger partial charge in [-0.25, -0.2) is 0 Å². The van der Waals surface area contributed by atoms with Crippen LogP contribution in [0.3, 0.4) is 0 Å². The van der Waals surface area contributed by atoms with Crippen molar-refractivity contribution < 1.29 is 23.9 Å². The largest absolute Gasteiger partial charge is 0.491 e. The van der Waals surface area contributed by atoms with Gasteiger partial charge < -0.3 is 14.8 Å². The molecule has 0 bridgehead atoms. The zero-order chi connectivity index (χ0) is 21.3. The molecule has 3 amide bonds. The topological polar surface area (TPSA) is 106 Å². The first-order valence-corrected chi connectivity index (χ1v) is 9.89. The average molecular weight is 411 g/mol. The Morgan fingerprint density at radius 1 is 0.867 bits per heavy atom. The fraction of sp³-hybridized carbons (Fsp3) is 0.318. The van der Waals surface area contributed by atoms with Gasteiger partial charge in [0.15, 0.2) is 0 Å². The Balaban J connectivity index is 1.44. The van der Waals surface area contributed by atoms with Gasteiger partial charge >= 0.3 is 0 Å². The number of benzene rings is 2. The molecule has 1 aliphatic carbocycles. The van der Waals surface area contributed by atoms with Gasteiger partial charge in [-0.05, 0) is 68.3 Å². The quantitative estimate of drug-likeness (QED) is 0.434. The Hall–Kier alpha value is -3.39. The van der Waals surface area contributed by atoms with Gasteiger partial charge in [0.1, 0.15) is 12.4 Å². The van der Waals surface area contributed by atoms with Crippen molar-refractivity contribution in [3.05, 3.63) is 59.7 Å². The Labute approximate surface area is 174 Å². The molecule has 0 spiro atoms. The molecule has 0 atom stereocenters. The zero-order valence-corrected chi connectivity index (χ0v) is 16.8. The number of hydrogen-bond acceptors (Lipinski definition) is 5. The summed E-state index contributed by atoms with van der Waals surface area (Å²) in [5.74, 6) is -0.162. The molecule has 1 aliphatic rings. The average Bonchev–Trinajstić information content (AvgIpc) is 3.61. The summed E-state index contributed by atoms with van der Waals surface area (Å²) in [6, 6.07) is 13.0. The van der Waals surface area contributed by atoms with Crippen molar-refractivity contribution in [3.8, 4) is 5.75 Å². The van der Waals surface area contributed by atoms with Crippen molar-refractivity contribution in [1.29, 1.82) is 0 Å². The van der Waals surface area contributed by atoms with Crippen LogP contribution in [0.2, 0.25) is 0 Å². The number of nitrogens with one attached hydrogen (secondary N) is 3. The summed E-state index contributed by atoms with van der Waals surface area (Å²) in [5.41, 5.74) is 6.13. The maximum Gasteiger partial charge on any atom is 0.269 e. The third-order valence-corrected chi connectivity index (χ3v) is 4.47. The molecule has 0 saturated heterocycles. The smallest absolute Gasteiger partial charge is 0.269 e. The van der Waals surface area contributed by atoms with Gasteiger partial charge in [-0.15, -0.1) is 0 Å². The van der Waals surface area contributed by atoms with Gasteiger partial charge in [-0.3, -0.25) is 25.2 Å². The van der Waals surface area contributed by atoms with Gasteiger partial charge in [-0.1, -0.05) is 0 Å². The molecule has 0 unspecified atom stereocenters. The lowest BCUT2D eigenvalue weighted by Gasteiger charge is -2.10. The molecule has 0 radical (unpaired) electrons. The van der Waals surface area contributed by atoms with E-state index >= 15 is 0 Å². The van der Waals surface area contributed by atoms with Crippen LogP contribution in [0, 0.1) is 5.92 Å². The number of anilines is 1. The highest BCUT2D eigenvalue weighted by molar-refractivity contribution is 5.99. The van der Waals surface area contributed by atoms with Crippen LogP contribution < -0.4 is 20.9 Å². The number of rotatable bonds is 9. The zero-order valence-electron chi connectivity index (χ0n) is 16.8. The van der Waals surface area contributed by atoms with Crippen LogP contribution in [0.4, 0.5) is 5.69 Å². The van der Waals surface area contributed by atoms with Crippen LogP contribution in [0.1, 0.15) is 40.5 Å². The Morgan fingerprint density at radius 2 is 1.43 bits per heavy atom. The lowest BCUT2D eigenvalue weighted by Crippen LogP contribution is -2.41. The fourth-order valence-electron chi connectivity index (χ4n) is 2.62. The first kappa shape index (κ1) is 21.3. The predicted molar refractivity (Wildman–Crippen MR) is 111 cm³/mol. The van der Waals surface area contributed by atoms with E-state index in [2.05, 4.69) is 16.2 Å². The van der Waals surface area contributed by atoms with E-state index in [1.165, 1.54) is 0 Å². The minimum Gasteiger partial charge on any atom is -0.491 e. The highest BCUT2D eigenvalue weighted by Gasteiger charge is 2.29. The van der Waals surface area contributed by atoms with Gasteiger partial charge in [0, 0.05) is 29.3 Å². The Morgan fingerprint density at radius 3 is 1.97 bits per heavy atom. The molecular weight excluding hydrogens is 386 g/mol. The maximum absolute atomic E-state index is 12.2. The highest BCUT2D eigenvalue weighted by atomic mass is 16.5. The van der Waals surface area contributed by atoms with Crippen molar-refractivity contribution in [3.63, 3.8) is 0 Å². The van der Waals surface area contributed by atoms with Crippen molar-refractivity contribution in [1.82, 2.24) is 10.9 Å². The monoisotopic (exact) mass is 411 g/mol. The normalized spacial score (nSPS) is 12.7. The summed E-state index contributed by atoms with van der Waals surface area (Å²) in [6.45, 7) is 3.48. The number of carbonyl (C=O) groups is 3. The molecule has 158 valence electrons. The van der Waals surface area contributed by atoms with Gasteiger partial charge in [-0.2, -0.15) is 0 Å². The van der Waals surface area contributed by atoms with E-state index < -0.39 is 11.8 Å². The van der Waals surface area contributed by atoms with Crippen LogP contribution in [0.15, 0.2) is 48.5 Å². The molecule has 1 fully saturated rings. The van der Waals surface area contributed by atoms with Crippen LogP contribution >= 0.6 is 0 Å². The molecule has 0 heterocycles. The fourth-order valence-corrected chi connectivity index (χ4v) is 2.62. The van der Waals surface area contributed by atoms with E-state index in [0.717, 1.165) is 12.8 Å². The van der Waals surface area contributed by atoms with Crippen LogP contribution in [0.5, 0.6) is 5.75 Å². The second-order valence-electron chi connectivity index (χ2n) is 6.82. The molecular formula is C22H25N3O5. The third-order valence-electron chi connectivity index (χ3n) is 4.47. The van der Waals surface area contributed by atoms with E-state index in [1.807, 2.05) is 6.92 Å². The number of ether oxygens (including phenoxy) is 2. The summed E-state index contributed by atoms with van der Waals surface area (Å²) in [7, 11) is 0. The first-order valence-electron chi connectivity index (χ1n) is 9.89. The standard InChI is InChI=1S/C22H25N3O5/c1-2-29-13-14-30-19-11-7-17(8-12-19)22(28)25-24-21(27)16-5-9-18(10-6-16)23-20(26)15-3-4-15/h5-12,15H,2-4,13-14H2,1H3,(H,23,26)(H,24,27)(H,25,28). The van der Waals surface area contributed by atoms with Gasteiger partial charge in [0.2, 0.25) is 5.91 Å². The number of hydrogen-bond donors (Lipinski definition) is 3. The highest BCUT2D eigenvalue weighted by Crippen LogP contribution is 2.30. The van der Waals surface area contributed by atoms with Crippen molar-refractivity contribution in [2.45, 2.75) is 19.8 Å². The van der Waals surface area contributed by atoms with Gasteiger partial charge in [0.05, 0.1) is 6.61 Å². The second-order valence-corrected chi connectivity index (χ2v) is 6.82. The van der Waals surface area contributed by atoms with E-state index in [0.29, 0.717) is 42.4 Å². The van der Waals surface area contributed by atoms with E-state index in [9.17, 15) is 14.4 Å². The maximum atomic E-state index is 12.2.